The minimum atomic E-state index is -1.82. The van der Waals surface area contributed by atoms with Crippen molar-refractivity contribution < 1.29 is 34.0 Å². The van der Waals surface area contributed by atoms with E-state index in [1.165, 1.54) is 24.1 Å². The number of para-hydroxylation sites is 2. The minimum Gasteiger partial charge on any atom is -0.497 e. The molecule has 202 valence electrons. The van der Waals surface area contributed by atoms with E-state index < -0.39 is 11.9 Å². The lowest BCUT2D eigenvalue weighted by molar-refractivity contribution is -0.159. The van der Waals surface area contributed by atoms with Crippen LogP contribution in [0.3, 0.4) is 0 Å². The second-order valence-corrected chi connectivity index (χ2v) is 8.99. The Morgan fingerprint density at radius 3 is 2.00 bits per heavy atom. The number of benzene rings is 2. The van der Waals surface area contributed by atoms with E-state index in [-0.39, 0.29) is 0 Å². The van der Waals surface area contributed by atoms with Gasteiger partial charge in [0, 0.05) is 50.4 Å². The van der Waals surface area contributed by atoms with Crippen LogP contribution in [0.2, 0.25) is 0 Å². The molecule has 0 amide bonds. The third-order valence-corrected chi connectivity index (χ3v) is 6.88. The molecule has 0 saturated carbocycles. The molecule has 2 saturated heterocycles. The van der Waals surface area contributed by atoms with Crippen molar-refractivity contribution in [2.75, 3.05) is 65.5 Å². The van der Waals surface area contributed by atoms with Crippen LogP contribution in [0.25, 0.3) is 0 Å². The molecule has 2 aromatic rings. The summed E-state index contributed by atoms with van der Waals surface area (Å²) in [6.07, 6.45) is 2.46. The van der Waals surface area contributed by atoms with Gasteiger partial charge in [-0.2, -0.15) is 0 Å². The first-order valence-electron chi connectivity index (χ1n) is 12.4. The van der Waals surface area contributed by atoms with Gasteiger partial charge in [0.25, 0.3) is 0 Å². The van der Waals surface area contributed by atoms with Gasteiger partial charge in [0.05, 0.1) is 27.0 Å². The van der Waals surface area contributed by atoms with Gasteiger partial charge < -0.3 is 29.3 Å². The average Bonchev–Trinajstić information content (AvgIpc) is 2.94. The summed E-state index contributed by atoms with van der Waals surface area (Å²) < 4.78 is 16.5. The summed E-state index contributed by atoms with van der Waals surface area (Å²) in [4.78, 5) is 25.9. The van der Waals surface area contributed by atoms with Crippen LogP contribution in [0.5, 0.6) is 17.2 Å². The van der Waals surface area contributed by atoms with E-state index in [1.807, 2.05) is 18.2 Å². The zero-order valence-corrected chi connectivity index (χ0v) is 21.8. The number of carboxylic acid groups (broad SMARTS) is 2. The number of nitrogens with zero attached hydrogens (tertiary/aromatic N) is 3. The molecule has 4 rings (SSSR count). The van der Waals surface area contributed by atoms with Crippen LogP contribution in [0.4, 0.5) is 5.69 Å². The number of piperazine rings is 1. The first kappa shape index (κ1) is 28.1. The van der Waals surface area contributed by atoms with Gasteiger partial charge in [-0.25, -0.2) is 9.59 Å². The number of aliphatic carboxylic acids is 2. The van der Waals surface area contributed by atoms with Crippen molar-refractivity contribution in [3.05, 3.63) is 48.0 Å². The van der Waals surface area contributed by atoms with Gasteiger partial charge in [0.1, 0.15) is 17.2 Å². The maximum absolute atomic E-state index is 9.10. The normalized spacial score (nSPS) is 16.9. The van der Waals surface area contributed by atoms with Crippen LogP contribution in [0.15, 0.2) is 42.5 Å². The predicted octanol–water partition coefficient (Wildman–Crippen LogP) is 2.65. The van der Waals surface area contributed by atoms with Crippen molar-refractivity contribution in [1.29, 1.82) is 0 Å². The molecule has 0 unspecified atom stereocenters. The maximum Gasteiger partial charge on any atom is 0.414 e. The number of ether oxygens (including phenoxy) is 3. The fourth-order valence-corrected chi connectivity index (χ4v) is 4.88. The molecule has 0 aromatic heterocycles. The van der Waals surface area contributed by atoms with Crippen molar-refractivity contribution in [1.82, 2.24) is 9.80 Å². The largest absolute Gasteiger partial charge is 0.497 e. The quantitative estimate of drug-likeness (QED) is 0.534. The smallest absolute Gasteiger partial charge is 0.414 e. The molecule has 10 heteroatoms. The Hall–Kier alpha value is -3.50. The molecular weight excluding hydrogens is 478 g/mol. The average molecular weight is 516 g/mol. The number of methoxy groups -OCH3 is 3. The number of rotatable bonds is 7. The highest BCUT2D eigenvalue weighted by molar-refractivity contribution is 6.27. The molecule has 2 aliphatic rings. The predicted molar refractivity (Wildman–Crippen MR) is 140 cm³/mol. The second kappa shape index (κ2) is 13.7. The van der Waals surface area contributed by atoms with Gasteiger partial charge in [-0.15, -0.1) is 0 Å². The minimum absolute atomic E-state index is 0.689. The van der Waals surface area contributed by atoms with Crippen molar-refractivity contribution in [3.63, 3.8) is 0 Å². The maximum atomic E-state index is 9.10. The molecule has 2 heterocycles. The highest BCUT2D eigenvalue weighted by Gasteiger charge is 2.28. The summed E-state index contributed by atoms with van der Waals surface area (Å²) in [7, 11) is 5.18. The Kier molecular flexibility index (Phi) is 10.4. The molecule has 0 aliphatic carbocycles. The molecule has 0 atom stereocenters. The van der Waals surface area contributed by atoms with Crippen LogP contribution in [-0.4, -0.2) is 98.6 Å². The summed E-state index contributed by atoms with van der Waals surface area (Å²) >= 11 is 0. The van der Waals surface area contributed by atoms with Gasteiger partial charge in [-0.1, -0.05) is 18.2 Å². The summed E-state index contributed by atoms with van der Waals surface area (Å²) in [5, 5.41) is 14.8. The molecule has 10 nitrogen and oxygen atoms in total. The van der Waals surface area contributed by atoms with E-state index in [1.54, 1.807) is 21.3 Å². The van der Waals surface area contributed by atoms with Gasteiger partial charge in [-0.05, 0) is 44.1 Å². The standard InChI is InChI=1S/C25H35N3O3.C2H2O4/c1-29-22-9-8-20(25(18-22)31-3)19-26-12-10-21(11-13-26)27-14-16-28(17-15-27)23-6-4-5-7-24(23)30-2;3-1(4)2(5)6/h4-9,18,21H,10-17,19H2,1-3H3;(H,3,4)(H,5,6). The number of carboxylic acids is 2. The van der Waals surface area contributed by atoms with Gasteiger partial charge in [0.15, 0.2) is 0 Å². The third kappa shape index (κ3) is 7.74. The molecule has 2 N–H and O–H groups in total. The Labute approximate surface area is 217 Å². The van der Waals surface area contributed by atoms with Crippen LogP contribution < -0.4 is 19.1 Å². The lowest BCUT2D eigenvalue weighted by atomic mass is 10.0. The second-order valence-electron chi connectivity index (χ2n) is 8.99. The molecule has 2 aliphatic heterocycles. The molecule has 2 fully saturated rings. The van der Waals surface area contributed by atoms with Gasteiger partial charge in [-0.3, -0.25) is 9.80 Å². The number of anilines is 1. The summed E-state index contributed by atoms with van der Waals surface area (Å²) in [5.74, 6) is -0.927. The molecule has 0 spiro atoms. The van der Waals surface area contributed by atoms with Crippen molar-refractivity contribution in [2.45, 2.75) is 25.4 Å². The lowest BCUT2D eigenvalue weighted by Crippen LogP contribution is -2.53. The summed E-state index contributed by atoms with van der Waals surface area (Å²) in [6, 6.07) is 15.2. The first-order valence-corrected chi connectivity index (χ1v) is 12.4. The monoisotopic (exact) mass is 515 g/mol. The SMILES string of the molecule is COc1ccc(CN2CCC(N3CCN(c4ccccc4OC)CC3)CC2)c(OC)c1.O=C(O)C(=O)O. The van der Waals surface area contributed by atoms with Crippen LogP contribution >= 0.6 is 0 Å². The fourth-order valence-electron chi connectivity index (χ4n) is 4.88. The first-order chi connectivity index (χ1) is 17.9. The number of hydrogen-bond donors (Lipinski definition) is 2. The molecule has 0 bridgehead atoms. The van der Waals surface area contributed by atoms with Crippen molar-refractivity contribution in [3.8, 4) is 17.2 Å². The zero-order valence-electron chi connectivity index (χ0n) is 21.8. The van der Waals surface area contributed by atoms with Gasteiger partial charge >= 0.3 is 11.9 Å². The van der Waals surface area contributed by atoms with Crippen LogP contribution in [0.1, 0.15) is 18.4 Å². The number of piperidine rings is 1. The van der Waals surface area contributed by atoms with E-state index in [0.717, 1.165) is 63.1 Å². The van der Waals surface area contributed by atoms with E-state index >= 15 is 0 Å². The Balaban J connectivity index is 0.000000568. The Morgan fingerprint density at radius 2 is 1.43 bits per heavy atom. The highest BCUT2D eigenvalue weighted by Crippen LogP contribution is 2.30. The van der Waals surface area contributed by atoms with E-state index in [2.05, 4.69) is 39.0 Å². The van der Waals surface area contributed by atoms with E-state index in [9.17, 15) is 0 Å². The fraction of sp³-hybridized carbons (Fsp3) is 0.481. The topological polar surface area (TPSA) is 112 Å². The van der Waals surface area contributed by atoms with E-state index in [4.69, 9.17) is 34.0 Å². The Morgan fingerprint density at radius 1 is 0.811 bits per heavy atom. The summed E-state index contributed by atoms with van der Waals surface area (Å²) in [5.41, 5.74) is 2.44. The summed E-state index contributed by atoms with van der Waals surface area (Å²) in [6.45, 7) is 7.55. The van der Waals surface area contributed by atoms with Crippen molar-refractivity contribution >= 4 is 17.6 Å². The molecule has 0 radical (unpaired) electrons. The lowest BCUT2D eigenvalue weighted by Gasteiger charge is -2.43. The van der Waals surface area contributed by atoms with Crippen LogP contribution in [-0.2, 0) is 16.1 Å². The van der Waals surface area contributed by atoms with Gasteiger partial charge in [0.2, 0.25) is 0 Å². The van der Waals surface area contributed by atoms with E-state index in [0.29, 0.717) is 6.04 Å². The highest BCUT2D eigenvalue weighted by atomic mass is 16.5. The zero-order chi connectivity index (χ0) is 26.8. The molecule has 37 heavy (non-hydrogen) atoms. The Bertz CT molecular complexity index is 1020. The molecule has 2 aromatic carbocycles. The number of likely N-dealkylation sites (tertiary alicyclic amines) is 1. The van der Waals surface area contributed by atoms with Crippen molar-refractivity contribution in [2.24, 2.45) is 0 Å². The van der Waals surface area contributed by atoms with Crippen LogP contribution in [0, 0.1) is 0 Å². The third-order valence-electron chi connectivity index (χ3n) is 6.88. The number of carbonyl (C=O) groups is 2. The number of hydrogen-bond acceptors (Lipinski definition) is 8. The molecular formula is C27H37N3O7.